The third-order valence-corrected chi connectivity index (χ3v) is 4.17. The quantitative estimate of drug-likeness (QED) is 0.323. The van der Waals surface area contributed by atoms with E-state index in [0.717, 1.165) is 0 Å². The number of nitrogens with two attached hydrogens (primary N) is 2. The van der Waals surface area contributed by atoms with Crippen LogP contribution in [0.1, 0.15) is 28.4 Å². The van der Waals surface area contributed by atoms with Gasteiger partial charge in [-0.1, -0.05) is 12.1 Å². The van der Waals surface area contributed by atoms with E-state index in [1.165, 1.54) is 0 Å². The molecule has 9 heteroatoms. The maximum absolute atomic E-state index is 12.5. The molecule has 6 N–H and O–H groups in total. The number of aliphatic carboxylic acids is 1. The lowest BCUT2D eigenvalue weighted by molar-refractivity contribution is -0.138. The Morgan fingerprint density at radius 1 is 1.10 bits per heavy atom. The molecule has 0 fully saturated rings. The summed E-state index contributed by atoms with van der Waals surface area (Å²) in [6.45, 7) is 0. The molecular weight excluding hydrogens is 398 g/mol. The molecule has 0 aliphatic rings. The summed E-state index contributed by atoms with van der Waals surface area (Å²) in [6, 6.07) is 16.6. The molecule has 1 aromatic heterocycles. The lowest BCUT2D eigenvalue weighted by atomic mass is 10.1. The number of amides is 1. The van der Waals surface area contributed by atoms with Crippen LogP contribution in [-0.2, 0) is 4.79 Å². The number of aromatic nitrogens is 1. The highest BCUT2D eigenvalue weighted by molar-refractivity contribution is 6.04. The van der Waals surface area contributed by atoms with E-state index in [9.17, 15) is 14.7 Å². The van der Waals surface area contributed by atoms with E-state index in [1.54, 1.807) is 73.1 Å². The number of carboxylic acids is 1. The second kappa shape index (κ2) is 9.88. The Morgan fingerprint density at radius 2 is 1.87 bits per heavy atom. The number of carboxylic acid groups (broad SMARTS) is 1. The Bertz CT molecular complexity index is 1080. The average molecular weight is 419 g/mol. The second-order valence-electron chi connectivity index (χ2n) is 6.56. The van der Waals surface area contributed by atoms with Gasteiger partial charge in [-0.25, -0.2) is 4.99 Å². The second-order valence-corrected chi connectivity index (χ2v) is 6.56. The van der Waals surface area contributed by atoms with Gasteiger partial charge in [0, 0.05) is 35.3 Å². The monoisotopic (exact) mass is 419 g/mol. The number of benzene rings is 2. The van der Waals surface area contributed by atoms with Gasteiger partial charge >= 0.3 is 5.97 Å². The normalized spacial score (nSPS) is 11.2. The molecule has 0 saturated heterocycles. The van der Waals surface area contributed by atoms with E-state index in [4.69, 9.17) is 16.2 Å². The Balaban J connectivity index is 1.72. The summed E-state index contributed by atoms with van der Waals surface area (Å²) in [7, 11) is 0. The first-order valence-electron chi connectivity index (χ1n) is 9.30. The molecule has 1 heterocycles. The van der Waals surface area contributed by atoms with Gasteiger partial charge in [-0.05, 0) is 42.5 Å². The fraction of sp³-hybridized carbons (Fsp3) is 0.0909. The number of aliphatic imine (C=N–C) groups is 1. The molecule has 158 valence electrons. The molecule has 0 bridgehead atoms. The topological polar surface area (TPSA) is 153 Å². The van der Waals surface area contributed by atoms with Crippen LogP contribution in [0.15, 0.2) is 78.0 Å². The molecule has 1 amide bonds. The summed E-state index contributed by atoms with van der Waals surface area (Å²) in [5.41, 5.74) is 12.8. The van der Waals surface area contributed by atoms with Gasteiger partial charge in [0.15, 0.2) is 5.96 Å². The van der Waals surface area contributed by atoms with Crippen molar-refractivity contribution in [3.05, 3.63) is 84.2 Å². The van der Waals surface area contributed by atoms with Crippen molar-refractivity contribution in [3.8, 4) is 5.75 Å². The smallest absolute Gasteiger partial charge is 0.307 e. The zero-order valence-corrected chi connectivity index (χ0v) is 16.4. The lowest BCUT2D eigenvalue weighted by Crippen LogP contribution is -2.21. The number of nitrogens with one attached hydrogen (secondary N) is 1. The van der Waals surface area contributed by atoms with E-state index >= 15 is 0 Å². The SMILES string of the molecule is NC(N)=Nc1ccc(C(=O)Nc2cccc(OC(CC(=O)O)c3cccnc3)c2)cc1. The number of hydrogen-bond acceptors (Lipinski definition) is 5. The molecule has 3 aromatic rings. The van der Waals surface area contributed by atoms with Crippen molar-refractivity contribution < 1.29 is 19.4 Å². The maximum Gasteiger partial charge on any atom is 0.307 e. The van der Waals surface area contributed by atoms with Crippen LogP contribution < -0.4 is 21.5 Å². The number of carbonyl (C=O) groups excluding carboxylic acids is 1. The van der Waals surface area contributed by atoms with E-state index in [1.807, 2.05) is 0 Å². The molecule has 0 saturated carbocycles. The first-order valence-corrected chi connectivity index (χ1v) is 9.30. The number of anilines is 1. The molecule has 1 atom stereocenters. The van der Waals surface area contributed by atoms with Crippen molar-refractivity contribution in [2.24, 2.45) is 16.5 Å². The first kappa shape index (κ1) is 21.3. The molecular formula is C22H21N5O4. The zero-order valence-electron chi connectivity index (χ0n) is 16.4. The summed E-state index contributed by atoms with van der Waals surface area (Å²) in [5.74, 6) is -0.984. The highest BCUT2D eigenvalue weighted by atomic mass is 16.5. The molecule has 9 nitrogen and oxygen atoms in total. The van der Waals surface area contributed by atoms with Gasteiger partial charge in [-0.2, -0.15) is 0 Å². The summed E-state index contributed by atoms with van der Waals surface area (Å²) in [5, 5.41) is 12.0. The number of ether oxygens (including phenoxy) is 1. The van der Waals surface area contributed by atoms with E-state index in [0.29, 0.717) is 28.3 Å². The minimum Gasteiger partial charge on any atom is -0.485 e. The number of pyridine rings is 1. The molecule has 3 rings (SSSR count). The van der Waals surface area contributed by atoms with Gasteiger partial charge in [0.05, 0.1) is 12.1 Å². The fourth-order valence-corrected chi connectivity index (χ4v) is 2.80. The van der Waals surface area contributed by atoms with Gasteiger partial charge in [0.1, 0.15) is 11.9 Å². The van der Waals surface area contributed by atoms with Crippen LogP contribution in [0.25, 0.3) is 0 Å². The van der Waals surface area contributed by atoms with Crippen molar-refractivity contribution in [1.29, 1.82) is 0 Å². The highest BCUT2D eigenvalue weighted by Crippen LogP contribution is 2.27. The van der Waals surface area contributed by atoms with Crippen molar-refractivity contribution in [3.63, 3.8) is 0 Å². The Kier molecular flexibility index (Phi) is 6.79. The summed E-state index contributed by atoms with van der Waals surface area (Å²) in [6.07, 6.45) is 2.21. The highest BCUT2D eigenvalue weighted by Gasteiger charge is 2.18. The fourth-order valence-electron chi connectivity index (χ4n) is 2.80. The standard InChI is InChI=1S/C22H21N5O4/c23-22(24)27-16-8-6-14(7-9-16)21(30)26-17-4-1-5-18(11-17)31-19(12-20(28)29)15-3-2-10-25-13-15/h1-11,13,19H,12H2,(H,26,30)(H,28,29)(H4,23,24,27). The molecule has 0 aliphatic carbocycles. The van der Waals surface area contributed by atoms with Crippen molar-refractivity contribution in [2.45, 2.75) is 12.5 Å². The molecule has 2 aromatic carbocycles. The van der Waals surface area contributed by atoms with Gasteiger partial charge in [-0.15, -0.1) is 0 Å². The summed E-state index contributed by atoms with van der Waals surface area (Å²) >= 11 is 0. The summed E-state index contributed by atoms with van der Waals surface area (Å²) < 4.78 is 5.88. The largest absolute Gasteiger partial charge is 0.485 e. The van der Waals surface area contributed by atoms with E-state index in [-0.39, 0.29) is 18.3 Å². The number of carbonyl (C=O) groups is 2. The molecule has 31 heavy (non-hydrogen) atoms. The Morgan fingerprint density at radius 3 is 2.52 bits per heavy atom. The van der Waals surface area contributed by atoms with Crippen molar-refractivity contribution >= 4 is 29.2 Å². The number of nitrogens with zero attached hydrogens (tertiary/aromatic N) is 2. The average Bonchev–Trinajstić information content (AvgIpc) is 2.74. The summed E-state index contributed by atoms with van der Waals surface area (Å²) in [4.78, 5) is 31.7. The van der Waals surface area contributed by atoms with Crippen LogP contribution >= 0.6 is 0 Å². The minimum atomic E-state index is -0.998. The lowest BCUT2D eigenvalue weighted by Gasteiger charge is -2.18. The third kappa shape index (κ3) is 6.29. The van der Waals surface area contributed by atoms with Gasteiger partial charge in [0.25, 0.3) is 5.91 Å². The van der Waals surface area contributed by atoms with Crippen LogP contribution in [0.5, 0.6) is 5.75 Å². The maximum atomic E-state index is 12.5. The number of rotatable bonds is 8. The van der Waals surface area contributed by atoms with Gasteiger partial charge in [-0.3, -0.25) is 14.6 Å². The van der Waals surface area contributed by atoms with E-state index in [2.05, 4.69) is 15.3 Å². The number of guanidine groups is 1. The predicted molar refractivity (Wildman–Crippen MR) is 116 cm³/mol. The molecule has 0 spiro atoms. The number of hydrogen-bond donors (Lipinski definition) is 4. The molecule has 1 unspecified atom stereocenters. The van der Waals surface area contributed by atoms with Gasteiger partial charge in [0.2, 0.25) is 0 Å². The Hall–Kier alpha value is -4.40. The third-order valence-electron chi connectivity index (χ3n) is 4.17. The van der Waals surface area contributed by atoms with E-state index < -0.39 is 12.1 Å². The van der Waals surface area contributed by atoms with Crippen LogP contribution in [0.2, 0.25) is 0 Å². The zero-order chi connectivity index (χ0) is 22.2. The van der Waals surface area contributed by atoms with Crippen molar-refractivity contribution in [1.82, 2.24) is 4.98 Å². The molecule has 0 radical (unpaired) electrons. The van der Waals surface area contributed by atoms with Crippen LogP contribution in [-0.4, -0.2) is 27.9 Å². The van der Waals surface area contributed by atoms with Crippen LogP contribution in [0, 0.1) is 0 Å². The Labute approximate surface area is 178 Å². The van der Waals surface area contributed by atoms with Gasteiger partial charge < -0.3 is 26.6 Å². The van der Waals surface area contributed by atoms with Crippen LogP contribution in [0.4, 0.5) is 11.4 Å². The molecule has 0 aliphatic heterocycles. The minimum absolute atomic E-state index is 0.0681. The van der Waals surface area contributed by atoms with Crippen molar-refractivity contribution in [2.75, 3.05) is 5.32 Å². The van der Waals surface area contributed by atoms with Crippen LogP contribution in [0.3, 0.4) is 0 Å². The predicted octanol–water partition coefficient (Wildman–Crippen LogP) is 2.83. The first-order chi connectivity index (χ1) is 14.9.